The summed E-state index contributed by atoms with van der Waals surface area (Å²) in [5.41, 5.74) is 1.25. The molecule has 1 aliphatic rings. The van der Waals surface area contributed by atoms with Gasteiger partial charge < -0.3 is 20.1 Å². The van der Waals surface area contributed by atoms with Gasteiger partial charge in [0.25, 0.3) is 0 Å². The first-order valence-corrected chi connectivity index (χ1v) is 12.5. The molecule has 0 aliphatic heterocycles. The molecule has 0 amide bonds. The molecule has 9 heteroatoms. The minimum Gasteiger partial charge on any atom is -0.375 e. The molecule has 0 spiro atoms. The fourth-order valence-corrected chi connectivity index (χ4v) is 4.74. The molecule has 2 N–H and O–H groups in total. The highest BCUT2D eigenvalue weighted by atomic mass is 127. The highest BCUT2D eigenvalue weighted by Gasteiger charge is 2.22. The van der Waals surface area contributed by atoms with Crippen LogP contribution in [-0.2, 0) is 13.6 Å². The van der Waals surface area contributed by atoms with Crippen LogP contribution in [0.4, 0.5) is 5.69 Å². The number of guanidine groups is 1. The molecule has 1 aliphatic carbocycles. The number of nitrogens with one attached hydrogen (secondary N) is 2. The first kappa shape index (κ1) is 26.8. The Hall–Kier alpha value is -1.49. The average Bonchev–Trinajstić information content (AvgIpc) is 3.12. The van der Waals surface area contributed by atoms with Crippen molar-refractivity contribution in [2.45, 2.75) is 56.9 Å². The van der Waals surface area contributed by atoms with E-state index in [1.54, 1.807) is 0 Å². The molecule has 2 unspecified atom stereocenters. The largest absolute Gasteiger partial charge is 0.375 e. The molecule has 1 saturated carbocycles. The molecule has 0 bridgehead atoms. The second-order valence-electron chi connectivity index (χ2n) is 8.29. The van der Waals surface area contributed by atoms with Gasteiger partial charge in [-0.15, -0.1) is 34.2 Å². The van der Waals surface area contributed by atoms with Crippen LogP contribution < -0.4 is 15.5 Å². The highest BCUT2D eigenvalue weighted by molar-refractivity contribution is 14.0. The Bertz CT molecular complexity index is 827. The van der Waals surface area contributed by atoms with Crippen LogP contribution >= 0.6 is 35.7 Å². The number of anilines is 1. The maximum atomic E-state index is 4.84. The Morgan fingerprint density at radius 3 is 2.72 bits per heavy atom. The Kier molecular flexibility index (Phi) is 11.6. The predicted molar refractivity (Wildman–Crippen MR) is 147 cm³/mol. The minimum absolute atomic E-state index is 0. The second kappa shape index (κ2) is 13.9. The minimum atomic E-state index is 0. The molecular formula is C23H38IN7S. The second-order valence-corrected chi connectivity index (χ2v) is 9.43. The molecule has 0 saturated heterocycles. The lowest BCUT2D eigenvalue weighted by atomic mass is 9.95. The van der Waals surface area contributed by atoms with Gasteiger partial charge in [0, 0.05) is 44.2 Å². The number of para-hydroxylation sites is 1. The Balaban J connectivity index is 0.00000363. The lowest BCUT2D eigenvalue weighted by molar-refractivity contribution is 0.418. The van der Waals surface area contributed by atoms with E-state index in [2.05, 4.69) is 69.4 Å². The standard InChI is InChI=1S/C23H37N7S.HI/c1-18-27-28-22(30(18)3)17-25-23(26-19-10-8-13-21(16-19)31-4)24-14-9-15-29(2)20-11-6-5-7-12-20;/h5-7,11-12,19,21H,8-10,13-17H2,1-4H3,(H2,24,25,26);1H. The molecule has 32 heavy (non-hydrogen) atoms. The van der Waals surface area contributed by atoms with Crippen molar-refractivity contribution in [1.29, 1.82) is 0 Å². The van der Waals surface area contributed by atoms with Gasteiger partial charge in [-0.05, 0) is 51.0 Å². The number of hydrogen-bond acceptors (Lipinski definition) is 5. The van der Waals surface area contributed by atoms with Crippen LogP contribution in [-0.4, -0.2) is 58.4 Å². The van der Waals surface area contributed by atoms with E-state index in [-0.39, 0.29) is 24.0 Å². The summed E-state index contributed by atoms with van der Waals surface area (Å²) in [7, 11) is 4.13. The van der Waals surface area contributed by atoms with Crippen LogP contribution in [0.25, 0.3) is 0 Å². The number of nitrogens with zero attached hydrogens (tertiary/aromatic N) is 5. The smallest absolute Gasteiger partial charge is 0.191 e. The summed E-state index contributed by atoms with van der Waals surface area (Å²) in [6.07, 6.45) is 8.26. The Labute approximate surface area is 214 Å². The van der Waals surface area contributed by atoms with Gasteiger partial charge in [-0.3, -0.25) is 0 Å². The van der Waals surface area contributed by atoms with E-state index in [0.29, 0.717) is 12.6 Å². The van der Waals surface area contributed by atoms with Crippen molar-refractivity contribution in [3.05, 3.63) is 42.0 Å². The summed E-state index contributed by atoms with van der Waals surface area (Å²) in [6.45, 7) is 4.35. The van der Waals surface area contributed by atoms with Gasteiger partial charge in [-0.2, -0.15) is 11.8 Å². The molecule has 1 aromatic carbocycles. The fraction of sp³-hybridized carbons (Fsp3) is 0.609. The van der Waals surface area contributed by atoms with E-state index >= 15 is 0 Å². The van der Waals surface area contributed by atoms with E-state index in [4.69, 9.17) is 4.99 Å². The van der Waals surface area contributed by atoms with Crippen LogP contribution in [0.5, 0.6) is 0 Å². The van der Waals surface area contributed by atoms with E-state index in [1.165, 1.54) is 31.4 Å². The van der Waals surface area contributed by atoms with Crippen LogP contribution in [0.2, 0.25) is 0 Å². The topological polar surface area (TPSA) is 70.4 Å². The van der Waals surface area contributed by atoms with Gasteiger partial charge in [0.2, 0.25) is 0 Å². The zero-order valence-electron chi connectivity index (χ0n) is 19.8. The number of thioether (sulfide) groups is 1. The number of hydrogen-bond donors (Lipinski definition) is 2. The predicted octanol–water partition coefficient (Wildman–Crippen LogP) is 3.98. The number of rotatable bonds is 9. The highest BCUT2D eigenvalue weighted by Crippen LogP contribution is 2.26. The summed E-state index contributed by atoms with van der Waals surface area (Å²) in [5, 5.41) is 16.4. The maximum absolute atomic E-state index is 4.84. The van der Waals surface area contributed by atoms with Gasteiger partial charge >= 0.3 is 0 Å². The van der Waals surface area contributed by atoms with Crippen molar-refractivity contribution < 1.29 is 0 Å². The lowest BCUT2D eigenvalue weighted by Crippen LogP contribution is -2.46. The molecule has 1 aromatic heterocycles. The van der Waals surface area contributed by atoms with Gasteiger partial charge in [0.05, 0.1) is 0 Å². The SMILES string of the molecule is CSC1CCCC(NC(=NCc2nnc(C)n2C)NCCCN(C)c2ccccc2)C1.I. The monoisotopic (exact) mass is 571 g/mol. The van der Waals surface area contributed by atoms with E-state index in [1.807, 2.05) is 30.3 Å². The molecule has 178 valence electrons. The molecular weight excluding hydrogens is 533 g/mol. The molecule has 2 aromatic rings. The number of aliphatic imine (C=N–C) groups is 1. The van der Waals surface area contributed by atoms with E-state index < -0.39 is 0 Å². The first-order chi connectivity index (χ1) is 15.1. The summed E-state index contributed by atoms with van der Waals surface area (Å²) in [6, 6.07) is 11.0. The Morgan fingerprint density at radius 2 is 2.03 bits per heavy atom. The summed E-state index contributed by atoms with van der Waals surface area (Å²) in [4.78, 5) is 7.13. The van der Waals surface area contributed by atoms with Gasteiger partial charge in [-0.1, -0.05) is 24.6 Å². The van der Waals surface area contributed by atoms with Crippen LogP contribution in [0, 0.1) is 6.92 Å². The lowest BCUT2D eigenvalue weighted by Gasteiger charge is -2.30. The van der Waals surface area contributed by atoms with Gasteiger partial charge in [0.15, 0.2) is 11.8 Å². The van der Waals surface area contributed by atoms with Crippen molar-refractivity contribution in [1.82, 2.24) is 25.4 Å². The number of benzene rings is 1. The number of halogens is 1. The molecule has 1 heterocycles. The van der Waals surface area contributed by atoms with Crippen LogP contribution in [0.3, 0.4) is 0 Å². The normalized spacial score (nSPS) is 18.7. The van der Waals surface area contributed by atoms with E-state index in [9.17, 15) is 0 Å². The third-order valence-electron chi connectivity index (χ3n) is 6.02. The molecule has 1 fully saturated rings. The van der Waals surface area contributed by atoms with Crippen LogP contribution in [0.15, 0.2) is 35.3 Å². The zero-order valence-corrected chi connectivity index (χ0v) is 22.9. The van der Waals surface area contributed by atoms with Gasteiger partial charge in [-0.25, -0.2) is 4.99 Å². The third-order valence-corrected chi connectivity index (χ3v) is 7.12. The molecule has 2 atom stereocenters. The first-order valence-electron chi connectivity index (χ1n) is 11.3. The van der Waals surface area contributed by atoms with Crippen molar-refractivity contribution in [2.75, 3.05) is 31.3 Å². The quantitative estimate of drug-likeness (QED) is 0.206. The molecule has 0 radical (unpaired) electrons. The Morgan fingerprint density at radius 1 is 1.25 bits per heavy atom. The van der Waals surface area contributed by atoms with Crippen molar-refractivity contribution >= 4 is 47.4 Å². The summed E-state index contributed by atoms with van der Waals surface area (Å²) < 4.78 is 2.00. The van der Waals surface area contributed by atoms with Crippen molar-refractivity contribution in [2.24, 2.45) is 12.0 Å². The average molecular weight is 572 g/mol. The molecule has 3 rings (SSSR count). The van der Waals surface area contributed by atoms with Crippen LogP contribution in [0.1, 0.15) is 43.8 Å². The summed E-state index contributed by atoms with van der Waals surface area (Å²) >= 11 is 1.99. The number of aromatic nitrogens is 3. The molecule has 7 nitrogen and oxygen atoms in total. The number of aryl methyl sites for hydroxylation is 1. The third kappa shape index (κ3) is 8.13. The van der Waals surface area contributed by atoms with Crippen molar-refractivity contribution in [3.63, 3.8) is 0 Å². The zero-order chi connectivity index (χ0) is 22.1. The maximum Gasteiger partial charge on any atom is 0.191 e. The van der Waals surface area contributed by atoms with E-state index in [0.717, 1.165) is 42.4 Å². The fourth-order valence-electron chi connectivity index (χ4n) is 3.91. The van der Waals surface area contributed by atoms with Gasteiger partial charge in [0.1, 0.15) is 12.4 Å². The summed E-state index contributed by atoms with van der Waals surface area (Å²) in [5.74, 6) is 2.68. The van der Waals surface area contributed by atoms with Crippen molar-refractivity contribution in [3.8, 4) is 0 Å².